The fourth-order valence-corrected chi connectivity index (χ4v) is 2.44. The third kappa shape index (κ3) is 2.99. The highest BCUT2D eigenvalue weighted by Gasteiger charge is 2.14. The van der Waals surface area contributed by atoms with Gasteiger partial charge in [-0.3, -0.25) is 4.79 Å². The number of aromatic nitrogens is 2. The van der Waals surface area contributed by atoms with Crippen molar-refractivity contribution in [1.29, 1.82) is 0 Å². The number of nitrogens with one attached hydrogen (secondary N) is 2. The van der Waals surface area contributed by atoms with E-state index in [2.05, 4.69) is 31.2 Å². The van der Waals surface area contributed by atoms with Gasteiger partial charge >= 0.3 is 0 Å². The Hall–Kier alpha value is -2.28. The molecule has 112 valence electrons. The molecule has 0 saturated carbocycles. The lowest BCUT2D eigenvalue weighted by atomic mass is 10.2. The number of amides is 1. The summed E-state index contributed by atoms with van der Waals surface area (Å²) in [5, 5.41) is 2.74. The molecular formula is C15H10BrF2N3O. The van der Waals surface area contributed by atoms with Gasteiger partial charge in [-0.15, -0.1) is 0 Å². The molecule has 2 N–H and O–H groups in total. The number of alkyl halides is 2. The molecule has 0 saturated heterocycles. The standard InChI is InChI=1S/C15H10BrF2N3O/c16-9-2-1-3-10(7-9)19-15(22)8-4-5-11-12(6-8)21-14(20-11)13(17)18/h1-7,13H,(H,19,22)(H,20,21). The molecule has 0 aliphatic heterocycles. The summed E-state index contributed by atoms with van der Waals surface area (Å²) >= 11 is 3.32. The molecular weight excluding hydrogens is 356 g/mol. The molecule has 0 aliphatic carbocycles. The van der Waals surface area contributed by atoms with Crippen LogP contribution in [-0.4, -0.2) is 15.9 Å². The van der Waals surface area contributed by atoms with Crippen LogP contribution in [0.5, 0.6) is 0 Å². The number of hydrogen-bond acceptors (Lipinski definition) is 2. The van der Waals surface area contributed by atoms with Crippen LogP contribution >= 0.6 is 15.9 Å². The molecule has 4 nitrogen and oxygen atoms in total. The third-order valence-corrected chi connectivity index (χ3v) is 3.54. The number of H-pyrrole nitrogens is 1. The van der Waals surface area contributed by atoms with Gasteiger partial charge in [0.25, 0.3) is 12.3 Å². The van der Waals surface area contributed by atoms with E-state index in [1.165, 1.54) is 12.1 Å². The van der Waals surface area contributed by atoms with Crippen LogP contribution in [0, 0.1) is 0 Å². The van der Waals surface area contributed by atoms with E-state index in [4.69, 9.17) is 0 Å². The van der Waals surface area contributed by atoms with Gasteiger partial charge in [0.15, 0.2) is 5.82 Å². The van der Waals surface area contributed by atoms with Crippen LogP contribution in [0.15, 0.2) is 46.9 Å². The van der Waals surface area contributed by atoms with E-state index < -0.39 is 12.2 Å². The number of aromatic amines is 1. The fourth-order valence-electron chi connectivity index (χ4n) is 2.04. The SMILES string of the molecule is O=C(Nc1cccc(Br)c1)c1ccc2nc(C(F)F)[nH]c2c1. The van der Waals surface area contributed by atoms with E-state index in [9.17, 15) is 13.6 Å². The lowest BCUT2D eigenvalue weighted by Crippen LogP contribution is -2.11. The predicted molar refractivity (Wildman–Crippen MR) is 83.1 cm³/mol. The van der Waals surface area contributed by atoms with Gasteiger partial charge in [0.2, 0.25) is 0 Å². The Balaban J connectivity index is 1.87. The van der Waals surface area contributed by atoms with Crippen molar-refractivity contribution in [2.75, 3.05) is 5.32 Å². The van der Waals surface area contributed by atoms with Crippen molar-refractivity contribution in [2.24, 2.45) is 0 Å². The summed E-state index contributed by atoms with van der Waals surface area (Å²) < 4.78 is 26.1. The number of rotatable bonds is 3. The molecule has 3 rings (SSSR count). The van der Waals surface area contributed by atoms with Crippen LogP contribution in [0.3, 0.4) is 0 Å². The van der Waals surface area contributed by atoms with Crippen molar-refractivity contribution in [1.82, 2.24) is 9.97 Å². The second kappa shape index (κ2) is 5.84. The number of hydrogen-bond donors (Lipinski definition) is 2. The zero-order valence-electron chi connectivity index (χ0n) is 11.1. The number of carbonyl (C=O) groups excluding carboxylic acids is 1. The van der Waals surface area contributed by atoms with Crippen molar-refractivity contribution < 1.29 is 13.6 Å². The Morgan fingerprint density at radius 2 is 2.05 bits per heavy atom. The molecule has 0 bridgehead atoms. The number of anilines is 1. The molecule has 0 aliphatic rings. The summed E-state index contributed by atoms with van der Waals surface area (Å²) in [5.41, 5.74) is 1.79. The summed E-state index contributed by atoms with van der Waals surface area (Å²) in [4.78, 5) is 18.5. The molecule has 0 atom stereocenters. The highest BCUT2D eigenvalue weighted by Crippen LogP contribution is 2.21. The zero-order valence-corrected chi connectivity index (χ0v) is 12.7. The summed E-state index contributed by atoms with van der Waals surface area (Å²) in [5.74, 6) is -0.729. The minimum atomic E-state index is -2.67. The van der Waals surface area contributed by atoms with Crippen LogP contribution < -0.4 is 5.32 Å². The molecule has 0 unspecified atom stereocenters. The van der Waals surface area contributed by atoms with Crippen molar-refractivity contribution >= 4 is 38.6 Å². The Kier molecular flexibility index (Phi) is 3.89. The number of imidazole rings is 1. The van der Waals surface area contributed by atoms with E-state index in [1.807, 2.05) is 6.07 Å². The van der Waals surface area contributed by atoms with Gasteiger partial charge in [-0.25, -0.2) is 13.8 Å². The number of carbonyl (C=O) groups is 1. The van der Waals surface area contributed by atoms with Gasteiger partial charge in [0.1, 0.15) is 0 Å². The van der Waals surface area contributed by atoms with Gasteiger partial charge in [-0.1, -0.05) is 22.0 Å². The lowest BCUT2D eigenvalue weighted by molar-refractivity contribution is 0.102. The Bertz CT molecular complexity index is 848. The maximum absolute atomic E-state index is 12.6. The maximum Gasteiger partial charge on any atom is 0.295 e. The summed E-state index contributed by atoms with van der Waals surface area (Å²) in [6, 6.07) is 11.7. The van der Waals surface area contributed by atoms with Gasteiger partial charge < -0.3 is 10.3 Å². The molecule has 7 heteroatoms. The Labute approximate surface area is 132 Å². The third-order valence-electron chi connectivity index (χ3n) is 3.05. The molecule has 22 heavy (non-hydrogen) atoms. The van der Waals surface area contributed by atoms with Crippen molar-refractivity contribution in [3.05, 3.63) is 58.3 Å². The zero-order chi connectivity index (χ0) is 15.7. The van der Waals surface area contributed by atoms with Crippen LogP contribution in [0.25, 0.3) is 11.0 Å². The topological polar surface area (TPSA) is 57.8 Å². The first kappa shape index (κ1) is 14.6. The molecule has 1 heterocycles. The van der Waals surface area contributed by atoms with E-state index in [0.29, 0.717) is 22.3 Å². The highest BCUT2D eigenvalue weighted by molar-refractivity contribution is 9.10. The van der Waals surface area contributed by atoms with Gasteiger partial charge in [-0.2, -0.15) is 0 Å². The monoisotopic (exact) mass is 365 g/mol. The minimum absolute atomic E-state index is 0.326. The second-order valence-corrected chi connectivity index (χ2v) is 5.53. The Morgan fingerprint density at radius 3 is 2.77 bits per heavy atom. The van der Waals surface area contributed by atoms with Crippen molar-refractivity contribution in [2.45, 2.75) is 6.43 Å². The molecule has 2 aromatic carbocycles. The van der Waals surface area contributed by atoms with Crippen LogP contribution in [0.1, 0.15) is 22.6 Å². The number of halogens is 3. The normalized spacial score (nSPS) is 11.1. The number of nitrogens with zero attached hydrogens (tertiary/aromatic N) is 1. The average molecular weight is 366 g/mol. The van der Waals surface area contributed by atoms with Crippen LogP contribution in [0.2, 0.25) is 0 Å². The minimum Gasteiger partial charge on any atom is -0.337 e. The van der Waals surface area contributed by atoms with E-state index in [0.717, 1.165) is 4.47 Å². The first-order valence-corrected chi connectivity index (χ1v) is 7.17. The molecule has 0 fully saturated rings. The van der Waals surface area contributed by atoms with E-state index in [-0.39, 0.29) is 5.91 Å². The first-order chi connectivity index (χ1) is 10.5. The second-order valence-electron chi connectivity index (χ2n) is 4.62. The molecule has 1 amide bonds. The summed E-state index contributed by atoms with van der Waals surface area (Å²) in [6.45, 7) is 0. The van der Waals surface area contributed by atoms with Crippen molar-refractivity contribution in [3.8, 4) is 0 Å². The van der Waals surface area contributed by atoms with Gasteiger partial charge in [0.05, 0.1) is 11.0 Å². The predicted octanol–water partition coefficient (Wildman–Crippen LogP) is 4.52. The highest BCUT2D eigenvalue weighted by atomic mass is 79.9. The maximum atomic E-state index is 12.6. The number of benzene rings is 2. The summed E-state index contributed by atoms with van der Waals surface area (Å²) in [7, 11) is 0. The molecule has 0 radical (unpaired) electrons. The smallest absolute Gasteiger partial charge is 0.295 e. The molecule has 0 spiro atoms. The van der Waals surface area contributed by atoms with E-state index >= 15 is 0 Å². The molecule has 3 aromatic rings. The van der Waals surface area contributed by atoms with Crippen LogP contribution in [-0.2, 0) is 0 Å². The average Bonchev–Trinajstić information content (AvgIpc) is 2.90. The van der Waals surface area contributed by atoms with E-state index in [1.54, 1.807) is 24.3 Å². The quantitative estimate of drug-likeness (QED) is 0.716. The van der Waals surface area contributed by atoms with Gasteiger partial charge in [0, 0.05) is 15.7 Å². The van der Waals surface area contributed by atoms with Crippen molar-refractivity contribution in [3.63, 3.8) is 0 Å². The van der Waals surface area contributed by atoms with Gasteiger partial charge in [-0.05, 0) is 36.4 Å². The lowest BCUT2D eigenvalue weighted by Gasteiger charge is -2.05. The first-order valence-electron chi connectivity index (χ1n) is 6.37. The van der Waals surface area contributed by atoms with Crippen LogP contribution in [0.4, 0.5) is 14.5 Å². The largest absolute Gasteiger partial charge is 0.337 e. The summed E-state index contributed by atoms with van der Waals surface area (Å²) in [6.07, 6.45) is -2.67. The Morgan fingerprint density at radius 1 is 1.23 bits per heavy atom. The number of fused-ring (bicyclic) bond motifs is 1. The fraction of sp³-hybridized carbons (Fsp3) is 0.0667. The molecule has 1 aromatic heterocycles.